The van der Waals surface area contributed by atoms with Gasteiger partial charge in [0.15, 0.2) is 0 Å². The van der Waals surface area contributed by atoms with Gasteiger partial charge < -0.3 is 0 Å². The quantitative estimate of drug-likeness (QED) is 0.299. The van der Waals surface area contributed by atoms with Gasteiger partial charge in [0.25, 0.3) is 0 Å². The van der Waals surface area contributed by atoms with Gasteiger partial charge in [-0.3, -0.25) is 0 Å². The molecule has 0 unspecified atom stereocenters. The average Bonchev–Trinajstić information content (AvgIpc) is 2.61. The Hall–Kier alpha value is -2.34. The minimum Gasteiger partial charge on any atom is -0.207 e. The summed E-state index contributed by atoms with van der Waals surface area (Å²) in [6.45, 7) is 2.07. The fourth-order valence-corrected chi connectivity index (χ4v) is 3.79. The number of benzene rings is 3. The first-order valence-corrected chi connectivity index (χ1v) is 9.52. The van der Waals surface area contributed by atoms with Crippen molar-refractivity contribution in [1.82, 2.24) is 0 Å². The van der Waals surface area contributed by atoms with Crippen LogP contribution in [0.25, 0.3) is 11.1 Å². The third-order valence-corrected chi connectivity index (χ3v) is 5.14. The van der Waals surface area contributed by atoms with Crippen molar-refractivity contribution in [2.45, 2.75) is 29.9 Å². The minimum absolute atomic E-state index is 0.103. The van der Waals surface area contributed by atoms with Gasteiger partial charge in [0.1, 0.15) is 17.5 Å². The Kier molecular flexibility index (Phi) is 6.08. The maximum Gasteiger partial charge on any atom is 0.326 e. The number of rotatable bonds is 6. The third kappa shape index (κ3) is 4.73. The molecule has 146 valence electrons. The topological polar surface area (TPSA) is 0 Å². The molecular formula is C22H17F5S. The Morgan fingerprint density at radius 3 is 1.96 bits per heavy atom. The van der Waals surface area contributed by atoms with Crippen molar-refractivity contribution in [1.29, 1.82) is 0 Å². The van der Waals surface area contributed by atoms with Gasteiger partial charge >= 0.3 is 5.25 Å². The number of aryl methyl sites for hydroxylation is 1. The Morgan fingerprint density at radius 1 is 0.786 bits per heavy atom. The fraction of sp³-hybridized carbons (Fsp3) is 0.182. The molecule has 0 spiro atoms. The van der Waals surface area contributed by atoms with Crippen molar-refractivity contribution in [3.8, 4) is 11.1 Å². The number of halogens is 5. The molecule has 28 heavy (non-hydrogen) atoms. The lowest BCUT2D eigenvalue weighted by Crippen LogP contribution is -2.10. The molecule has 0 radical (unpaired) electrons. The first-order valence-electron chi connectivity index (χ1n) is 8.71. The molecule has 0 saturated heterocycles. The largest absolute Gasteiger partial charge is 0.326 e. The van der Waals surface area contributed by atoms with E-state index in [-0.39, 0.29) is 16.7 Å². The lowest BCUT2D eigenvalue weighted by atomic mass is 10.0. The van der Waals surface area contributed by atoms with Crippen LogP contribution in [0.4, 0.5) is 22.0 Å². The van der Waals surface area contributed by atoms with Crippen LogP contribution in [0.15, 0.2) is 65.6 Å². The summed E-state index contributed by atoms with van der Waals surface area (Å²) in [5.41, 5.74) is 1.50. The summed E-state index contributed by atoms with van der Waals surface area (Å²) >= 11 is -0.103. The normalized spacial score (nSPS) is 11.6. The molecular weight excluding hydrogens is 391 g/mol. The van der Waals surface area contributed by atoms with Crippen LogP contribution in [0.2, 0.25) is 0 Å². The van der Waals surface area contributed by atoms with Crippen LogP contribution in [-0.2, 0) is 11.7 Å². The highest BCUT2D eigenvalue weighted by Crippen LogP contribution is 2.46. The average molecular weight is 408 g/mol. The summed E-state index contributed by atoms with van der Waals surface area (Å²) in [6.07, 6.45) is 1.93. The van der Waals surface area contributed by atoms with E-state index in [2.05, 4.69) is 6.92 Å². The van der Waals surface area contributed by atoms with Gasteiger partial charge in [-0.2, -0.15) is 8.78 Å². The van der Waals surface area contributed by atoms with Gasteiger partial charge in [0.2, 0.25) is 0 Å². The molecule has 0 fully saturated rings. The molecule has 0 nitrogen and oxygen atoms in total. The minimum atomic E-state index is -3.69. The van der Waals surface area contributed by atoms with Crippen LogP contribution in [-0.4, -0.2) is 0 Å². The molecule has 0 saturated carbocycles. The van der Waals surface area contributed by atoms with E-state index in [1.165, 1.54) is 6.07 Å². The molecule has 0 N–H and O–H groups in total. The predicted molar refractivity (Wildman–Crippen MR) is 102 cm³/mol. The van der Waals surface area contributed by atoms with E-state index in [4.69, 9.17) is 0 Å². The summed E-state index contributed by atoms with van der Waals surface area (Å²) in [5.74, 6) is -3.02. The van der Waals surface area contributed by atoms with Crippen LogP contribution in [0.3, 0.4) is 0 Å². The molecule has 0 heterocycles. The second-order valence-corrected chi connectivity index (χ2v) is 7.55. The molecule has 6 heteroatoms. The molecule has 3 aromatic rings. The second-order valence-electron chi connectivity index (χ2n) is 6.37. The van der Waals surface area contributed by atoms with E-state index >= 15 is 0 Å². The summed E-state index contributed by atoms with van der Waals surface area (Å²) < 4.78 is 69.9. The predicted octanol–water partition coefficient (Wildman–Crippen LogP) is 7.57. The zero-order valence-corrected chi connectivity index (χ0v) is 15.8. The molecule has 0 aliphatic heterocycles. The fourth-order valence-electron chi connectivity index (χ4n) is 2.87. The van der Waals surface area contributed by atoms with E-state index in [1.807, 2.05) is 24.3 Å². The molecule has 0 atom stereocenters. The first-order chi connectivity index (χ1) is 13.3. The van der Waals surface area contributed by atoms with Crippen molar-refractivity contribution >= 4 is 11.8 Å². The molecule has 3 aromatic carbocycles. The van der Waals surface area contributed by atoms with E-state index in [1.54, 1.807) is 0 Å². The van der Waals surface area contributed by atoms with Crippen molar-refractivity contribution in [2.75, 3.05) is 0 Å². The third-order valence-electron chi connectivity index (χ3n) is 4.19. The van der Waals surface area contributed by atoms with Crippen LogP contribution in [0.5, 0.6) is 0 Å². The Labute approximate surface area is 164 Å². The van der Waals surface area contributed by atoms with Crippen LogP contribution in [0, 0.1) is 17.5 Å². The molecule has 0 aliphatic rings. The molecule has 3 rings (SSSR count). The van der Waals surface area contributed by atoms with Crippen molar-refractivity contribution in [2.24, 2.45) is 0 Å². The molecule has 0 bridgehead atoms. The van der Waals surface area contributed by atoms with Gasteiger partial charge in [-0.25, -0.2) is 13.2 Å². The monoisotopic (exact) mass is 408 g/mol. The van der Waals surface area contributed by atoms with Crippen molar-refractivity contribution in [3.63, 3.8) is 0 Å². The highest BCUT2D eigenvalue weighted by Gasteiger charge is 2.36. The van der Waals surface area contributed by atoms with Crippen molar-refractivity contribution in [3.05, 3.63) is 89.2 Å². The van der Waals surface area contributed by atoms with Gasteiger partial charge in [-0.05, 0) is 59.1 Å². The maximum atomic E-state index is 14.5. The standard InChI is InChI=1S/C22H17F5S/c1-2-3-14-4-6-15(7-5-14)16-8-9-20(21(25)10-16)22(26,27)28-19-12-17(23)11-18(24)13-19/h4-13H,2-3H2,1H3. The second kappa shape index (κ2) is 8.35. The van der Waals surface area contributed by atoms with Crippen LogP contribution < -0.4 is 0 Å². The number of hydrogen-bond acceptors (Lipinski definition) is 1. The lowest BCUT2D eigenvalue weighted by molar-refractivity contribution is 0.101. The van der Waals surface area contributed by atoms with E-state index in [0.29, 0.717) is 17.2 Å². The van der Waals surface area contributed by atoms with Crippen molar-refractivity contribution < 1.29 is 22.0 Å². The van der Waals surface area contributed by atoms with Crippen LogP contribution in [0.1, 0.15) is 24.5 Å². The summed E-state index contributed by atoms with van der Waals surface area (Å²) in [5, 5.41) is -3.69. The van der Waals surface area contributed by atoms with E-state index < -0.39 is 28.3 Å². The SMILES string of the molecule is CCCc1ccc(-c2ccc(C(F)(F)Sc3cc(F)cc(F)c3)c(F)c2)cc1. The van der Waals surface area contributed by atoms with E-state index in [0.717, 1.165) is 42.7 Å². The van der Waals surface area contributed by atoms with E-state index in [9.17, 15) is 22.0 Å². The zero-order valence-electron chi connectivity index (χ0n) is 15.0. The highest BCUT2D eigenvalue weighted by molar-refractivity contribution is 8.00. The van der Waals surface area contributed by atoms with Gasteiger partial charge in [-0.1, -0.05) is 43.7 Å². The lowest BCUT2D eigenvalue weighted by Gasteiger charge is -2.17. The Bertz CT molecular complexity index is 947. The zero-order chi connectivity index (χ0) is 20.3. The molecule has 0 aliphatic carbocycles. The molecule has 0 amide bonds. The smallest absolute Gasteiger partial charge is 0.207 e. The van der Waals surface area contributed by atoms with Gasteiger partial charge in [0, 0.05) is 11.0 Å². The van der Waals surface area contributed by atoms with Crippen LogP contribution >= 0.6 is 11.8 Å². The highest BCUT2D eigenvalue weighted by atomic mass is 32.2. The Balaban J connectivity index is 1.86. The summed E-state index contributed by atoms with van der Waals surface area (Å²) in [7, 11) is 0. The van der Waals surface area contributed by atoms with Gasteiger partial charge in [-0.15, -0.1) is 0 Å². The number of thioether (sulfide) groups is 1. The summed E-state index contributed by atoms with van der Waals surface area (Å²) in [4.78, 5) is -0.322. The number of alkyl halides is 2. The summed E-state index contributed by atoms with van der Waals surface area (Å²) in [6, 6.07) is 13.1. The Morgan fingerprint density at radius 2 is 1.39 bits per heavy atom. The first kappa shape index (κ1) is 20.4. The van der Waals surface area contributed by atoms with Gasteiger partial charge in [0.05, 0.1) is 5.56 Å². The number of hydrogen-bond donors (Lipinski definition) is 0. The maximum absolute atomic E-state index is 14.5. The molecule has 0 aromatic heterocycles.